The molecule has 1 aromatic heterocycles. The predicted molar refractivity (Wildman–Crippen MR) is 109 cm³/mol. The average molecular weight is 393 g/mol. The van der Waals surface area contributed by atoms with E-state index in [1.165, 1.54) is 7.11 Å². The van der Waals surface area contributed by atoms with Gasteiger partial charge in [-0.2, -0.15) is 0 Å². The average Bonchev–Trinajstić information content (AvgIpc) is 3.13. The number of amides is 1. The molecule has 0 fully saturated rings. The molecule has 0 aliphatic carbocycles. The second kappa shape index (κ2) is 10.1. The van der Waals surface area contributed by atoms with Crippen LogP contribution in [0.25, 0.3) is 0 Å². The highest BCUT2D eigenvalue weighted by molar-refractivity contribution is 5.92. The Morgan fingerprint density at radius 1 is 0.966 bits per heavy atom. The van der Waals surface area contributed by atoms with E-state index < -0.39 is 6.16 Å². The molecule has 0 atom stereocenters. The number of nitrogens with zero attached hydrogens (tertiary/aromatic N) is 2. The monoisotopic (exact) mass is 393 g/mol. The Hall–Kier alpha value is -3.61. The summed E-state index contributed by atoms with van der Waals surface area (Å²) in [6.07, 6.45) is 2.43. The number of rotatable bonds is 8. The molecule has 29 heavy (non-hydrogen) atoms. The number of carbonyl (C=O) groups excluding carboxylic acids is 2. The van der Waals surface area contributed by atoms with E-state index in [0.29, 0.717) is 25.1 Å². The van der Waals surface area contributed by atoms with Gasteiger partial charge in [-0.3, -0.25) is 9.48 Å². The summed E-state index contributed by atoms with van der Waals surface area (Å²) in [5.41, 5.74) is 2.57. The van der Waals surface area contributed by atoms with Crippen molar-refractivity contribution in [3.8, 4) is 5.88 Å². The van der Waals surface area contributed by atoms with E-state index in [4.69, 9.17) is 4.74 Å². The molecule has 150 valence electrons. The van der Waals surface area contributed by atoms with Crippen molar-refractivity contribution >= 4 is 17.7 Å². The number of benzene rings is 2. The molecule has 7 nitrogen and oxygen atoms in total. The van der Waals surface area contributed by atoms with Crippen LogP contribution >= 0.6 is 0 Å². The molecular formula is C22H23N3O4. The molecule has 2 aromatic carbocycles. The summed E-state index contributed by atoms with van der Waals surface area (Å²) in [6, 6.07) is 19.7. The van der Waals surface area contributed by atoms with Crippen LogP contribution in [0.2, 0.25) is 0 Å². The van der Waals surface area contributed by atoms with Crippen LogP contribution in [0.3, 0.4) is 0 Å². The number of ether oxygens (including phenoxy) is 2. The van der Waals surface area contributed by atoms with Crippen LogP contribution in [0.4, 0.5) is 10.5 Å². The molecule has 7 heteroatoms. The lowest BCUT2D eigenvalue weighted by molar-refractivity contribution is -0.116. The van der Waals surface area contributed by atoms with E-state index in [1.54, 1.807) is 10.9 Å². The van der Waals surface area contributed by atoms with E-state index in [9.17, 15) is 9.59 Å². The van der Waals surface area contributed by atoms with Gasteiger partial charge in [-0.05, 0) is 24.0 Å². The Labute approximate surface area is 169 Å². The van der Waals surface area contributed by atoms with Crippen LogP contribution < -0.4 is 10.1 Å². The van der Waals surface area contributed by atoms with Crippen LogP contribution in [0, 0.1) is 0 Å². The molecule has 0 bridgehead atoms. The van der Waals surface area contributed by atoms with E-state index in [0.717, 1.165) is 17.5 Å². The number of aromatic nitrogens is 2. The predicted octanol–water partition coefficient (Wildman–Crippen LogP) is 3.84. The molecule has 0 radical (unpaired) electrons. The highest BCUT2D eigenvalue weighted by Crippen LogP contribution is 2.23. The first kappa shape index (κ1) is 20.1. The normalized spacial score (nSPS) is 10.4. The molecule has 3 rings (SSSR count). The smallest absolute Gasteiger partial charge is 0.437 e. The zero-order valence-corrected chi connectivity index (χ0v) is 16.2. The van der Waals surface area contributed by atoms with Gasteiger partial charge in [0.05, 0.1) is 13.3 Å². The fourth-order valence-electron chi connectivity index (χ4n) is 2.80. The van der Waals surface area contributed by atoms with Crippen LogP contribution in [0.15, 0.2) is 66.9 Å². The van der Waals surface area contributed by atoms with E-state index >= 15 is 0 Å². The van der Waals surface area contributed by atoms with Gasteiger partial charge in [0.25, 0.3) is 5.88 Å². The van der Waals surface area contributed by atoms with Gasteiger partial charge < -0.3 is 14.8 Å². The standard InChI is InChI=1S/C22H23N3O4/c1-28-22(27)29-21-19(23-20(26)13-12-17-8-4-2-5-9-17)16-25(24-21)15-14-18-10-6-3-7-11-18/h2-11,16H,12-15H2,1H3,(H,23,26). The van der Waals surface area contributed by atoms with E-state index in [1.807, 2.05) is 60.7 Å². The highest BCUT2D eigenvalue weighted by atomic mass is 16.7. The van der Waals surface area contributed by atoms with Gasteiger partial charge in [0.1, 0.15) is 5.69 Å². The SMILES string of the molecule is COC(=O)Oc1nn(CCc2ccccc2)cc1NC(=O)CCc1ccccc1. The van der Waals surface area contributed by atoms with Gasteiger partial charge in [-0.1, -0.05) is 60.7 Å². The maximum absolute atomic E-state index is 12.4. The molecule has 0 unspecified atom stereocenters. The van der Waals surface area contributed by atoms with Gasteiger partial charge in [0.2, 0.25) is 5.91 Å². The topological polar surface area (TPSA) is 82.4 Å². The van der Waals surface area contributed by atoms with Crippen molar-refractivity contribution in [3.05, 3.63) is 78.0 Å². The number of anilines is 1. The van der Waals surface area contributed by atoms with Crippen molar-refractivity contribution in [2.24, 2.45) is 0 Å². The molecule has 1 amide bonds. The summed E-state index contributed by atoms with van der Waals surface area (Å²) in [5, 5.41) is 7.04. The molecule has 0 aliphatic heterocycles. The lowest BCUT2D eigenvalue weighted by Crippen LogP contribution is -2.14. The largest absolute Gasteiger partial charge is 0.515 e. The lowest BCUT2D eigenvalue weighted by Gasteiger charge is -2.05. The van der Waals surface area contributed by atoms with Crippen molar-refractivity contribution in [1.29, 1.82) is 0 Å². The zero-order chi connectivity index (χ0) is 20.5. The fraction of sp³-hybridized carbons (Fsp3) is 0.227. The number of carbonyl (C=O) groups is 2. The molecule has 1 N–H and O–H groups in total. The maximum Gasteiger partial charge on any atom is 0.515 e. The van der Waals surface area contributed by atoms with Crippen molar-refractivity contribution in [1.82, 2.24) is 9.78 Å². The van der Waals surface area contributed by atoms with Crippen LogP contribution in [-0.4, -0.2) is 29.0 Å². The Morgan fingerprint density at radius 2 is 1.59 bits per heavy atom. The summed E-state index contributed by atoms with van der Waals surface area (Å²) in [6.45, 7) is 0.571. The molecular weight excluding hydrogens is 370 g/mol. The van der Waals surface area contributed by atoms with Crippen molar-refractivity contribution < 1.29 is 19.1 Å². The number of nitrogens with one attached hydrogen (secondary N) is 1. The number of hydrogen-bond acceptors (Lipinski definition) is 5. The third kappa shape index (κ3) is 6.21. The first-order valence-corrected chi connectivity index (χ1v) is 9.35. The summed E-state index contributed by atoms with van der Waals surface area (Å²) >= 11 is 0. The zero-order valence-electron chi connectivity index (χ0n) is 16.2. The Kier molecular flexibility index (Phi) is 7.00. The third-order valence-electron chi connectivity index (χ3n) is 4.30. The van der Waals surface area contributed by atoms with Gasteiger partial charge in [-0.25, -0.2) is 4.79 Å². The summed E-state index contributed by atoms with van der Waals surface area (Å²) in [5.74, 6) is -0.177. The second-order valence-electron chi connectivity index (χ2n) is 6.44. The first-order valence-electron chi connectivity index (χ1n) is 9.35. The van der Waals surface area contributed by atoms with Crippen molar-refractivity contribution in [2.45, 2.75) is 25.8 Å². The van der Waals surface area contributed by atoms with Gasteiger partial charge >= 0.3 is 6.16 Å². The van der Waals surface area contributed by atoms with E-state index in [2.05, 4.69) is 15.2 Å². The maximum atomic E-state index is 12.4. The van der Waals surface area contributed by atoms with Crippen molar-refractivity contribution in [3.63, 3.8) is 0 Å². The number of methoxy groups -OCH3 is 1. The van der Waals surface area contributed by atoms with Crippen LogP contribution in [0.1, 0.15) is 17.5 Å². The van der Waals surface area contributed by atoms with E-state index in [-0.39, 0.29) is 11.8 Å². The molecule has 0 aliphatic rings. The molecule has 0 saturated heterocycles. The Bertz CT molecular complexity index is 939. The van der Waals surface area contributed by atoms with Crippen LogP contribution in [0.5, 0.6) is 5.88 Å². The summed E-state index contributed by atoms with van der Waals surface area (Å²) in [4.78, 5) is 23.9. The third-order valence-corrected chi connectivity index (χ3v) is 4.30. The Morgan fingerprint density at radius 3 is 2.21 bits per heavy atom. The minimum Gasteiger partial charge on any atom is -0.437 e. The summed E-state index contributed by atoms with van der Waals surface area (Å²) < 4.78 is 11.3. The van der Waals surface area contributed by atoms with Crippen LogP contribution in [-0.2, 0) is 28.9 Å². The number of hydrogen-bond donors (Lipinski definition) is 1. The highest BCUT2D eigenvalue weighted by Gasteiger charge is 2.17. The second-order valence-corrected chi connectivity index (χ2v) is 6.44. The molecule has 3 aromatic rings. The van der Waals surface area contributed by atoms with Crippen molar-refractivity contribution in [2.75, 3.05) is 12.4 Å². The van der Waals surface area contributed by atoms with Gasteiger partial charge in [0.15, 0.2) is 0 Å². The van der Waals surface area contributed by atoms with Gasteiger partial charge in [0, 0.05) is 13.0 Å². The minimum absolute atomic E-state index is 0.0120. The molecule has 1 heterocycles. The molecule has 0 spiro atoms. The Balaban J connectivity index is 1.65. The van der Waals surface area contributed by atoms with Gasteiger partial charge in [-0.15, -0.1) is 5.10 Å². The summed E-state index contributed by atoms with van der Waals surface area (Å²) in [7, 11) is 1.22. The minimum atomic E-state index is -0.891. The fourth-order valence-corrected chi connectivity index (χ4v) is 2.80. The lowest BCUT2D eigenvalue weighted by atomic mass is 10.1. The first-order chi connectivity index (χ1) is 14.1. The number of aryl methyl sites for hydroxylation is 3. The molecule has 0 saturated carbocycles. The quantitative estimate of drug-likeness (QED) is 0.588.